The summed E-state index contributed by atoms with van der Waals surface area (Å²) in [6.45, 7) is 1.37. The number of pyridine rings is 1. The maximum absolute atomic E-state index is 13.3. The number of methoxy groups -OCH3 is 2. The van der Waals surface area contributed by atoms with E-state index in [0.29, 0.717) is 33.8 Å². The number of esters is 1. The summed E-state index contributed by atoms with van der Waals surface area (Å²) in [4.78, 5) is 29.6. The number of benzene rings is 2. The molecular formula is C25H22FN3O6. The van der Waals surface area contributed by atoms with E-state index in [0.717, 1.165) is 5.56 Å². The molecule has 10 heteroatoms. The van der Waals surface area contributed by atoms with Gasteiger partial charge in [0.15, 0.2) is 18.1 Å². The fourth-order valence-electron chi connectivity index (χ4n) is 3.48. The SMILES string of the molecule is COc1ccc(CNC(=O)COC(=O)c2cc(-c3ccc(F)cc3)nc3onc(C)c23)cc1OC. The molecule has 0 aliphatic rings. The van der Waals surface area contributed by atoms with E-state index in [1.807, 2.05) is 0 Å². The van der Waals surface area contributed by atoms with Crippen molar-refractivity contribution in [2.45, 2.75) is 13.5 Å². The molecule has 35 heavy (non-hydrogen) atoms. The first-order valence-electron chi connectivity index (χ1n) is 10.6. The zero-order chi connectivity index (χ0) is 24.9. The van der Waals surface area contributed by atoms with Crippen molar-refractivity contribution in [3.8, 4) is 22.8 Å². The van der Waals surface area contributed by atoms with Crippen LogP contribution in [0.25, 0.3) is 22.4 Å². The number of nitrogens with zero attached hydrogens (tertiary/aromatic N) is 2. The molecule has 0 bridgehead atoms. The van der Waals surface area contributed by atoms with E-state index in [4.69, 9.17) is 18.7 Å². The van der Waals surface area contributed by atoms with Gasteiger partial charge in [0, 0.05) is 12.1 Å². The number of ether oxygens (including phenoxy) is 3. The van der Waals surface area contributed by atoms with Crippen LogP contribution in [0.15, 0.2) is 53.1 Å². The third-order valence-electron chi connectivity index (χ3n) is 5.25. The molecule has 0 radical (unpaired) electrons. The van der Waals surface area contributed by atoms with Crippen LogP contribution < -0.4 is 14.8 Å². The molecule has 0 atom stereocenters. The Morgan fingerprint density at radius 3 is 2.49 bits per heavy atom. The Bertz CT molecular complexity index is 1380. The number of aromatic nitrogens is 2. The van der Waals surface area contributed by atoms with Gasteiger partial charge < -0.3 is 24.1 Å². The van der Waals surface area contributed by atoms with Gasteiger partial charge in [0.05, 0.1) is 36.6 Å². The minimum Gasteiger partial charge on any atom is -0.493 e. The smallest absolute Gasteiger partial charge is 0.339 e. The molecule has 1 amide bonds. The van der Waals surface area contributed by atoms with Crippen molar-refractivity contribution < 1.29 is 32.7 Å². The summed E-state index contributed by atoms with van der Waals surface area (Å²) in [6, 6.07) is 12.4. The summed E-state index contributed by atoms with van der Waals surface area (Å²) in [5.41, 5.74) is 2.45. The van der Waals surface area contributed by atoms with Gasteiger partial charge in [-0.3, -0.25) is 4.79 Å². The molecule has 0 aliphatic heterocycles. The van der Waals surface area contributed by atoms with Crippen molar-refractivity contribution >= 4 is 23.0 Å². The number of fused-ring (bicyclic) bond motifs is 1. The Balaban J connectivity index is 1.46. The van der Waals surface area contributed by atoms with Crippen LogP contribution in [0.5, 0.6) is 11.5 Å². The number of carbonyl (C=O) groups is 2. The van der Waals surface area contributed by atoms with E-state index >= 15 is 0 Å². The van der Waals surface area contributed by atoms with Gasteiger partial charge in [-0.25, -0.2) is 14.2 Å². The lowest BCUT2D eigenvalue weighted by Crippen LogP contribution is -2.28. The molecule has 0 fully saturated rings. The van der Waals surface area contributed by atoms with Crippen LogP contribution in [0.2, 0.25) is 0 Å². The van der Waals surface area contributed by atoms with Gasteiger partial charge in [-0.1, -0.05) is 11.2 Å². The average Bonchev–Trinajstić information content (AvgIpc) is 3.26. The number of aryl methyl sites for hydroxylation is 1. The molecule has 2 aromatic carbocycles. The minimum absolute atomic E-state index is 0.133. The van der Waals surface area contributed by atoms with Crippen LogP contribution in [0.4, 0.5) is 4.39 Å². The monoisotopic (exact) mass is 479 g/mol. The Kier molecular flexibility index (Phi) is 6.91. The van der Waals surface area contributed by atoms with Gasteiger partial charge >= 0.3 is 5.97 Å². The van der Waals surface area contributed by atoms with E-state index in [1.165, 1.54) is 44.6 Å². The number of carbonyl (C=O) groups excluding carboxylic acids is 2. The summed E-state index contributed by atoms with van der Waals surface area (Å²) in [5.74, 6) is -0.519. The third kappa shape index (κ3) is 5.21. The molecule has 0 spiro atoms. The molecule has 4 rings (SSSR count). The highest BCUT2D eigenvalue weighted by molar-refractivity contribution is 6.04. The molecule has 180 valence electrons. The molecule has 0 unspecified atom stereocenters. The standard InChI is InChI=1S/C25H22FN3O6/c1-14-23-18(11-19(28-24(23)35-29-14)16-5-7-17(26)8-6-16)25(31)34-13-22(30)27-12-15-4-9-20(32-2)21(10-15)33-3/h4-11H,12-13H2,1-3H3,(H,27,30). The number of halogens is 1. The van der Waals surface area contributed by atoms with Gasteiger partial charge in [-0.2, -0.15) is 0 Å². The molecule has 2 aromatic heterocycles. The van der Waals surface area contributed by atoms with Crippen molar-refractivity contribution in [3.63, 3.8) is 0 Å². The number of amides is 1. The second-order valence-corrected chi connectivity index (χ2v) is 7.55. The predicted molar refractivity (Wildman–Crippen MR) is 124 cm³/mol. The third-order valence-corrected chi connectivity index (χ3v) is 5.25. The maximum atomic E-state index is 13.3. The molecule has 0 saturated carbocycles. The first-order valence-corrected chi connectivity index (χ1v) is 10.6. The number of nitrogens with one attached hydrogen (secondary N) is 1. The van der Waals surface area contributed by atoms with Crippen LogP contribution >= 0.6 is 0 Å². The van der Waals surface area contributed by atoms with Crippen molar-refractivity contribution in [3.05, 3.63) is 71.2 Å². The summed E-state index contributed by atoms with van der Waals surface area (Å²) >= 11 is 0. The summed E-state index contributed by atoms with van der Waals surface area (Å²) in [6.07, 6.45) is 0. The van der Waals surface area contributed by atoms with Gasteiger partial charge in [-0.05, 0) is 55.0 Å². The second-order valence-electron chi connectivity index (χ2n) is 7.55. The lowest BCUT2D eigenvalue weighted by Gasteiger charge is -2.11. The fraction of sp³-hybridized carbons (Fsp3) is 0.200. The summed E-state index contributed by atoms with van der Waals surface area (Å²) in [7, 11) is 3.06. The fourth-order valence-corrected chi connectivity index (χ4v) is 3.48. The van der Waals surface area contributed by atoms with Crippen LogP contribution in [0.1, 0.15) is 21.6 Å². The molecule has 0 aliphatic carbocycles. The number of hydrogen-bond acceptors (Lipinski definition) is 8. The zero-order valence-corrected chi connectivity index (χ0v) is 19.3. The lowest BCUT2D eigenvalue weighted by molar-refractivity contribution is -0.124. The van der Waals surface area contributed by atoms with E-state index in [9.17, 15) is 14.0 Å². The van der Waals surface area contributed by atoms with Gasteiger partial charge in [0.25, 0.3) is 11.6 Å². The minimum atomic E-state index is -0.742. The highest BCUT2D eigenvalue weighted by Gasteiger charge is 2.21. The Morgan fingerprint density at radius 2 is 1.77 bits per heavy atom. The molecule has 4 aromatic rings. The highest BCUT2D eigenvalue weighted by atomic mass is 19.1. The van der Waals surface area contributed by atoms with E-state index in [-0.39, 0.29) is 17.8 Å². The summed E-state index contributed by atoms with van der Waals surface area (Å²) < 4.78 is 34.2. The predicted octanol–water partition coefficient (Wildman–Crippen LogP) is 3.83. The average molecular weight is 479 g/mol. The van der Waals surface area contributed by atoms with Crippen molar-refractivity contribution in [2.75, 3.05) is 20.8 Å². The van der Waals surface area contributed by atoms with Gasteiger partial charge in [0.1, 0.15) is 5.82 Å². The number of rotatable bonds is 8. The molecule has 0 saturated heterocycles. The van der Waals surface area contributed by atoms with E-state index in [2.05, 4.69) is 15.5 Å². The topological polar surface area (TPSA) is 113 Å². The Hall–Kier alpha value is -4.47. The first-order chi connectivity index (χ1) is 16.9. The lowest BCUT2D eigenvalue weighted by atomic mass is 10.1. The van der Waals surface area contributed by atoms with Crippen molar-refractivity contribution in [2.24, 2.45) is 0 Å². The largest absolute Gasteiger partial charge is 0.493 e. The van der Waals surface area contributed by atoms with Gasteiger partial charge in [0.2, 0.25) is 0 Å². The zero-order valence-electron chi connectivity index (χ0n) is 19.3. The first kappa shape index (κ1) is 23.7. The van der Waals surface area contributed by atoms with Crippen LogP contribution in [0.3, 0.4) is 0 Å². The molecule has 2 heterocycles. The molecular weight excluding hydrogens is 457 g/mol. The van der Waals surface area contributed by atoms with Crippen LogP contribution in [0, 0.1) is 12.7 Å². The summed E-state index contributed by atoms with van der Waals surface area (Å²) in [5, 5.41) is 6.94. The van der Waals surface area contributed by atoms with Crippen molar-refractivity contribution in [1.82, 2.24) is 15.5 Å². The van der Waals surface area contributed by atoms with Crippen LogP contribution in [-0.2, 0) is 16.1 Å². The van der Waals surface area contributed by atoms with E-state index in [1.54, 1.807) is 25.1 Å². The quantitative estimate of drug-likeness (QED) is 0.380. The second kappa shape index (κ2) is 10.2. The Labute approximate surface area is 199 Å². The van der Waals surface area contributed by atoms with Gasteiger partial charge in [-0.15, -0.1) is 0 Å². The molecule has 9 nitrogen and oxygen atoms in total. The normalized spacial score (nSPS) is 10.7. The highest BCUT2D eigenvalue weighted by Crippen LogP contribution is 2.28. The van der Waals surface area contributed by atoms with Crippen LogP contribution in [-0.4, -0.2) is 42.8 Å². The Morgan fingerprint density at radius 1 is 1.03 bits per heavy atom. The van der Waals surface area contributed by atoms with E-state index < -0.39 is 24.3 Å². The maximum Gasteiger partial charge on any atom is 0.339 e. The number of hydrogen-bond donors (Lipinski definition) is 1. The van der Waals surface area contributed by atoms with Crippen molar-refractivity contribution in [1.29, 1.82) is 0 Å². The molecule has 1 N–H and O–H groups in total.